The van der Waals surface area contributed by atoms with Crippen LogP contribution in [-0.2, 0) is 4.79 Å². The van der Waals surface area contributed by atoms with Gasteiger partial charge in [-0.3, -0.25) is 4.79 Å². The molecule has 0 aliphatic carbocycles. The fourth-order valence-corrected chi connectivity index (χ4v) is 2.99. The number of hydrogen-bond donors (Lipinski definition) is 1. The summed E-state index contributed by atoms with van der Waals surface area (Å²) >= 11 is 0. The first kappa shape index (κ1) is 20.3. The Labute approximate surface area is 172 Å². The lowest BCUT2D eigenvalue weighted by Crippen LogP contribution is -2.26. The van der Waals surface area contributed by atoms with Crippen LogP contribution in [0.1, 0.15) is 31.7 Å². The maximum Gasteiger partial charge on any atom is 0.277 e. The van der Waals surface area contributed by atoms with Gasteiger partial charge in [0.1, 0.15) is 5.75 Å². The van der Waals surface area contributed by atoms with E-state index in [2.05, 4.69) is 17.5 Å². The van der Waals surface area contributed by atoms with Gasteiger partial charge in [-0.15, -0.1) is 0 Å². The van der Waals surface area contributed by atoms with E-state index >= 15 is 0 Å². The Hall–Kier alpha value is -3.40. The molecule has 0 aliphatic heterocycles. The van der Waals surface area contributed by atoms with Gasteiger partial charge in [-0.05, 0) is 30.0 Å². The minimum atomic E-state index is -0.280. The molecule has 0 saturated heterocycles. The van der Waals surface area contributed by atoms with Crippen molar-refractivity contribution in [2.45, 2.75) is 26.2 Å². The highest BCUT2D eigenvalue weighted by atomic mass is 16.5. The predicted molar refractivity (Wildman–Crippen MR) is 118 cm³/mol. The molecule has 29 heavy (non-hydrogen) atoms. The number of benzene rings is 3. The van der Waals surface area contributed by atoms with Gasteiger partial charge in [0.15, 0.2) is 6.61 Å². The maximum absolute atomic E-state index is 12.3. The van der Waals surface area contributed by atoms with Crippen LogP contribution in [0.15, 0.2) is 90.0 Å². The topological polar surface area (TPSA) is 50.7 Å². The first-order valence-electron chi connectivity index (χ1n) is 9.96. The molecule has 3 rings (SSSR count). The van der Waals surface area contributed by atoms with E-state index < -0.39 is 0 Å². The zero-order valence-corrected chi connectivity index (χ0v) is 16.7. The lowest BCUT2D eigenvalue weighted by Gasteiger charge is -2.11. The lowest BCUT2D eigenvalue weighted by molar-refractivity contribution is -0.123. The van der Waals surface area contributed by atoms with Crippen molar-refractivity contribution in [2.75, 3.05) is 6.61 Å². The van der Waals surface area contributed by atoms with E-state index in [1.807, 2.05) is 84.9 Å². The smallest absolute Gasteiger partial charge is 0.277 e. The molecule has 0 unspecified atom stereocenters. The van der Waals surface area contributed by atoms with Crippen LogP contribution in [0.25, 0.3) is 11.1 Å². The molecular weight excluding hydrogens is 360 g/mol. The molecule has 3 aromatic carbocycles. The summed E-state index contributed by atoms with van der Waals surface area (Å²) in [5.74, 6) is 0.393. The molecule has 0 fully saturated rings. The summed E-state index contributed by atoms with van der Waals surface area (Å²) in [5.41, 5.74) is 6.55. The van der Waals surface area contributed by atoms with Crippen LogP contribution >= 0.6 is 0 Å². The molecule has 0 aromatic heterocycles. The Bertz CT molecular complexity index is 937. The largest absolute Gasteiger partial charge is 0.483 e. The van der Waals surface area contributed by atoms with Gasteiger partial charge in [-0.25, -0.2) is 5.43 Å². The molecule has 3 aromatic rings. The van der Waals surface area contributed by atoms with Crippen LogP contribution in [0.5, 0.6) is 5.75 Å². The van der Waals surface area contributed by atoms with Crippen LogP contribution in [0, 0.1) is 0 Å². The fraction of sp³-hybridized carbons (Fsp3) is 0.200. The number of unbranched alkanes of at least 4 members (excludes halogenated alkanes) is 1. The number of nitrogens with zero attached hydrogens (tertiary/aromatic N) is 1. The van der Waals surface area contributed by atoms with Gasteiger partial charge in [0, 0.05) is 5.56 Å². The van der Waals surface area contributed by atoms with E-state index in [0.717, 1.165) is 41.7 Å². The minimum Gasteiger partial charge on any atom is -0.483 e. The highest BCUT2D eigenvalue weighted by molar-refractivity contribution is 6.01. The Morgan fingerprint density at radius 3 is 2.28 bits per heavy atom. The summed E-state index contributed by atoms with van der Waals surface area (Å²) < 4.78 is 5.79. The minimum absolute atomic E-state index is 0.0941. The second-order valence-electron chi connectivity index (χ2n) is 6.71. The predicted octanol–water partition coefficient (Wildman–Crippen LogP) is 5.44. The van der Waals surface area contributed by atoms with Gasteiger partial charge in [0.25, 0.3) is 5.91 Å². The van der Waals surface area contributed by atoms with Crippen molar-refractivity contribution >= 4 is 11.6 Å². The molecule has 0 atom stereocenters. The molecule has 0 heterocycles. The number of para-hydroxylation sites is 1. The van der Waals surface area contributed by atoms with Crippen LogP contribution in [-0.4, -0.2) is 18.2 Å². The van der Waals surface area contributed by atoms with E-state index in [0.29, 0.717) is 5.75 Å². The van der Waals surface area contributed by atoms with Crippen LogP contribution in [0.4, 0.5) is 0 Å². The molecule has 1 N–H and O–H groups in total. The van der Waals surface area contributed by atoms with Crippen molar-refractivity contribution in [1.82, 2.24) is 5.43 Å². The Morgan fingerprint density at radius 2 is 1.55 bits per heavy atom. The third-order valence-corrected chi connectivity index (χ3v) is 4.52. The molecule has 4 nitrogen and oxygen atoms in total. The highest BCUT2D eigenvalue weighted by Gasteiger charge is 2.09. The van der Waals surface area contributed by atoms with Crippen molar-refractivity contribution in [3.8, 4) is 16.9 Å². The summed E-state index contributed by atoms with van der Waals surface area (Å²) in [5, 5.41) is 4.36. The number of carbonyl (C=O) groups is 1. The molecule has 0 aliphatic rings. The first-order chi connectivity index (χ1) is 14.3. The molecule has 0 spiro atoms. The SMILES string of the molecule is CCCC/C(=N/NC(=O)COc1ccccc1-c1ccccc1)c1ccccc1. The number of nitrogens with one attached hydrogen (secondary N) is 1. The van der Waals surface area contributed by atoms with Gasteiger partial charge in [-0.2, -0.15) is 5.10 Å². The van der Waals surface area contributed by atoms with Gasteiger partial charge >= 0.3 is 0 Å². The Balaban J connectivity index is 1.65. The van der Waals surface area contributed by atoms with E-state index in [-0.39, 0.29) is 12.5 Å². The summed E-state index contributed by atoms with van der Waals surface area (Å²) in [6.45, 7) is 2.04. The second-order valence-corrected chi connectivity index (χ2v) is 6.71. The number of carbonyl (C=O) groups excluding carboxylic acids is 1. The van der Waals surface area contributed by atoms with Crippen LogP contribution in [0.2, 0.25) is 0 Å². The van der Waals surface area contributed by atoms with Gasteiger partial charge in [-0.1, -0.05) is 92.2 Å². The molecule has 0 bridgehead atoms. The second kappa shape index (κ2) is 10.8. The molecule has 0 saturated carbocycles. The summed E-state index contributed by atoms with van der Waals surface area (Å²) in [6, 6.07) is 27.6. The number of hydrogen-bond acceptors (Lipinski definition) is 3. The molecule has 4 heteroatoms. The molecule has 1 amide bonds. The highest BCUT2D eigenvalue weighted by Crippen LogP contribution is 2.29. The van der Waals surface area contributed by atoms with Crippen molar-refractivity contribution in [3.63, 3.8) is 0 Å². The first-order valence-corrected chi connectivity index (χ1v) is 9.96. The van der Waals surface area contributed by atoms with E-state index in [4.69, 9.17) is 4.74 Å². The van der Waals surface area contributed by atoms with Crippen LogP contribution in [0.3, 0.4) is 0 Å². The van der Waals surface area contributed by atoms with Gasteiger partial charge < -0.3 is 4.74 Å². The maximum atomic E-state index is 12.3. The summed E-state index contributed by atoms with van der Waals surface area (Å²) in [7, 11) is 0. The fourth-order valence-electron chi connectivity index (χ4n) is 2.99. The third-order valence-electron chi connectivity index (χ3n) is 4.52. The van der Waals surface area contributed by atoms with Crippen molar-refractivity contribution in [1.29, 1.82) is 0 Å². The Morgan fingerprint density at radius 1 is 0.897 bits per heavy atom. The van der Waals surface area contributed by atoms with Crippen molar-refractivity contribution in [2.24, 2.45) is 5.10 Å². The number of hydrazone groups is 1. The average molecular weight is 386 g/mol. The molecular formula is C25H26N2O2. The monoisotopic (exact) mass is 386 g/mol. The van der Waals surface area contributed by atoms with Gasteiger partial charge in [0.05, 0.1) is 5.71 Å². The van der Waals surface area contributed by atoms with Crippen molar-refractivity contribution in [3.05, 3.63) is 90.5 Å². The normalized spacial score (nSPS) is 11.1. The zero-order chi connectivity index (χ0) is 20.3. The van der Waals surface area contributed by atoms with Crippen molar-refractivity contribution < 1.29 is 9.53 Å². The molecule has 148 valence electrons. The van der Waals surface area contributed by atoms with Crippen LogP contribution < -0.4 is 10.2 Å². The zero-order valence-electron chi connectivity index (χ0n) is 16.7. The number of ether oxygens (including phenoxy) is 1. The summed E-state index contributed by atoms with van der Waals surface area (Å²) in [6.07, 6.45) is 2.90. The lowest BCUT2D eigenvalue weighted by atomic mass is 10.1. The van der Waals surface area contributed by atoms with Gasteiger partial charge in [0.2, 0.25) is 0 Å². The third kappa shape index (κ3) is 6.04. The number of amides is 1. The quantitative estimate of drug-likeness (QED) is 0.393. The van der Waals surface area contributed by atoms with E-state index in [9.17, 15) is 4.79 Å². The standard InChI is InChI=1S/C25H26N2O2/c1-2-3-17-23(21-14-8-5-9-15-21)26-27-25(28)19-29-24-18-11-10-16-22(24)20-12-6-4-7-13-20/h4-16,18H,2-3,17,19H2,1H3,(H,27,28)/b26-23-. The Kier molecular flexibility index (Phi) is 7.58. The van der Waals surface area contributed by atoms with E-state index in [1.54, 1.807) is 0 Å². The van der Waals surface area contributed by atoms with E-state index in [1.165, 1.54) is 0 Å². The summed E-state index contributed by atoms with van der Waals surface area (Å²) in [4.78, 5) is 12.3. The average Bonchev–Trinajstić information content (AvgIpc) is 2.79. The number of rotatable bonds is 9. The molecule has 0 radical (unpaired) electrons.